The van der Waals surface area contributed by atoms with Crippen molar-refractivity contribution in [2.75, 3.05) is 9.80 Å². The van der Waals surface area contributed by atoms with Crippen molar-refractivity contribution < 1.29 is 0 Å². The predicted octanol–water partition coefficient (Wildman–Crippen LogP) is 14.1. The van der Waals surface area contributed by atoms with E-state index in [0.29, 0.717) is 0 Å². The number of fused-ring (bicyclic) bond motifs is 4. The third-order valence-electron chi connectivity index (χ3n) is 12.9. The van der Waals surface area contributed by atoms with Gasteiger partial charge in [-0.15, -0.1) is 0 Å². The van der Waals surface area contributed by atoms with E-state index in [9.17, 15) is 0 Å². The first-order valence-electron chi connectivity index (χ1n) is 21.8. The van der Waals surface area contributed by atoms with Crippen molar-refractivity contribution in [3.05, 3.63) is 249 Å². The summed E-state index contributed by atoms with van der Waals surface area (Å²) in [6.07, 6.45) is 0. The number of hydrogen-bond acceptors (Lipinski definition) is 2. The summed E-state index contributed by atoms with van der Waals surface area (Å²) in [7, 11) is 0. The molecule has 3 heteroatoms. The molecule has 0 atom stereocenters. The SMILES string of the molecule is c1ccc(-c2ccc(N3c4cccc(-c5ccccc5)c4B4c5c(-c6ccccc6)cccc5N(c5cccc(-c6ccccc6)c5)c5cc(-c6ccccc6)cc3c54)cc2)cc1. The Morgan fingerprint density at radius 2 is 0.603 bits per heavy atom. The zero-order valence-electron chi connectivity index (χ0n) is 34.6. The van der Waals surface area contributed by atoms with E-state index in [1.54, 1.807) is 0 Å². The molecule has 12 rings (SSSR count). The van der Waals surface area contributed by atoms with Crippen LogP contribution in [0.3, 0.4) is 0 Å². The number of nitrogens with zero attached hydrogens (tertiary/aromatic N) is 2. The van der Waals surface area contributed by atoms with E-state index in [0.717, 1.165) is 11.4 Å². The minimum atomic E-state index is -0.0916. The van der Waals surface area contributed by atoms with Crippen molar-refractivity contribution in [3.63, 3.8) is 0 Å². The molecule has 0 saturated heterocycles. The van der Waals surface area contributed by atoms with Crippen LogP contribution in [0.25, 0.3) is 55.6 Å². The second-order valence-corrected chi connectivity index (χ2v) is 16.4. The lowest BCUT2D eigenvalue weighted by atomic mass is 9.31. The standard InChI is InChI=1S/C60H41BN2/c1-6-19-42(20-7-1)45-35-37-50(38-36-45)62-54-33-17-31-52(46-25-12-4-13-26-46)58(54)61-59-53(47-27-14-5-15-28-47)32-18-34-55(59)63(51-30-16-29-48(39-51)43-21-8-2-9-22-43)57-41-49(40-56(62)60(57)61)44-23-10-3-11-24-44/h1-41H. The van der Waals surface area contributed by atoms with Crippen LogP contribution in [-0.4, -0.2) is 6.71 Å². The van der Waals surface area contributed by atoms with Gasteiger partial charge in [-0.1, -0.05) is 200 Å². The Morgan fingerprint density at radius 3 is 1.10 bits per heavy atom. The minimum absolute atomic E-state index is 0.0916. The maximum Gasteiger partial charge on any atom is 0.253 e. The molecule has 2 heterocycles. The van der Waals surface area contributed by atoms with Gasteiger partial charge in [-0.3, -0.25) is 0 Å². The lowest BCUT2D eigenvalue weighted by molar-refractivity contribution is 1.25. The molecule has 0 amide bonds. The van der Waals surface area contributed by atoms with Crippen molar-refractivity contribution in [1.82, 2.24) is 0 Å². The van der Waals surface area contributed by atoms with Gasteiger partial charge in [-0.05, 0) is 121 Å². The molecule has 0 bridgehead atoms. The molecule has 10 aromatic carbocycles. The molecule has 63 heavy (non-hydrogen) atoms. The summed E-state index contributed by atoms with van der Waals surface area (Å²) in [5.74, 6) is 0. The molecule has 0 spiro atoms. The zero-order valence-corrected chi connectivity index (χ0v) is 34.6. The summed E-state index contributed by atoms with van der Waals surface area (Å²) in [5.41, 5.74) is 22.9. The van der Waals surface area contributed by atoms with E-state index in [1.165, 1.54) is 94.8 Å². The summed E-state index contributed by atoms with van der Waals surface area (Å²) in [6.45, 7) is -0.0916. The predicted molar refractivity (Wildman–Crippen MR) is 268 cm³/mol. The number of rotatable bonds is 7. The van der Waals surface area contributed by atoms with Gasteiger partial charge < -0.3 is 9.80 Å². The molecular weight excluding hydrogens is 759 g/mol. The van der Waals surface area contributed by atoms with Gasteiger partial charge in [0.1, 0.15) is 0 Å². The van der Waals surface area contributed by atoms with Crippen molar-refractivity contribution in [2.45, 2.75) is 0 Å². The highest BCUT2D eigenvalue weighted by atomic mass is 15.2. The van der Waals surface area contributed by atoms with Gasteiger partial charge in [-0.2, -0.15) is 0 Å². The van der Waals surface area contributed by atoms with E-state index in [4.69, 9.17) is 0 Å². The molecule has 0 fully saturated rings. The third kappa shape index (κ3) is 6.28. The zero-order chi connectivity index (χ0) is 41.7. The van der Waals surface area contributed by atoms with Crippen LogP contribution in [0.5, 0.6) is 0 Å². The molecule has 0 N–H and O–H groups in total. The highest BCUT2D eigenvalue weighted by Crippen LogP contribution is 2.48. The summed E-state index contributed by atoms with van der Waals surface area (Å²) < 4.78 is 0. The van der Waals surface area contributed by atoms with Crippen LogP contribution in [0.2, 0.25) is 0 Å². The van der Waals surface area contributed by atoms with Crippen LogP contribution in [-0.2, 0) is 0 Å². The highest BCUT2D eigenvalue weighted by Gasteiger charge is 2.46. The van der Waals surface area contributed by atoms with Gasteiger partial charge in [0.15, 0.2) is 0 Å². The van der Waals surface area contributed by atoms with Crippen molar-refractivity contribution in [2.24, 2.45) is 0 Å². The normalized spacial score (nSPS) is 12.3. The van der Waals surface area contributed by atoms with Crippen molar-refractivity contribution >= 4 is 57.2 Å². The van der Waals surface area contributed by atoms with E-state index >= 15 is 0 Å². The van der Waals surface area contributed by atoms with Crippen LogP contribution < -0.4 is 26.2 Å². The van der Waals surface area contributed by atoms with Crippen LogP contribution in [0.4, 0.5) is 34.1 Å². The van der Waals surface area contributed by atoms with Gasteiger partial charge in [0, 0.05) is 34.1 Å². The van der Waals surface area contributed by atoms with E-state index in [2.05, 4.69) is 259 Å². The molecule has 0 saturated carbocycles. The van der Waals surface area contributed by atoms with Gasteiger partial charge in [0.25, 0.3) is 6.71 Å². The Labute approximate surface area is 369 Å². The van der Waals surface area contributed by atoms with Crippen LogP contribution in [0.1, 0.15) is 0 Å². The maximum atomic E-state index is 2.54. The van der Waals surface area contributed by atoms with E-state index < -0.39 is 0 Å². The maximum absolute atomic E-state index is 2.54. The van der Waals surface area contributed by atoms with Gasteiger partial charge in [-0.25, -0.2) is 0 Å². The summed E-state index contributed by atoms with van der Waals surface area (Å²) in [5, 5.41) is 0. The molecule has 294 valence electrons. The molecular formula is C60H41BN2. The third-order valence-corrected chi connectivity index (χ3v) is 12.9. The van der Waals surface area contributed by atoms with Crippen molar-refractivity contribution in [3.8, 4) is 55.6 Å². The second-order valence-electron chi connectivity index (χ2n) is 16.4. The Hall–Kier alpha value is -8.14. The lowest BCUT2D eigenvalue weighted by Crippen LogP contribution is -2.62. The minimum Gasteiger partial charge on any atom is -0.311 e. The average molecular weight is 801 g/mol. The fraction of sp³-hybridized carbons (Fsp3) is 0. The lowest BCUT2D eigenvalue weighted by Gasteiger charge is -2.45. The van der Waals surface area contributed by atoms with Crippen molar-refractivity contribution in [1.29, 1.82) is 0 Å². The van der Waals surface area contributed by atoms with Gasteiger partial charge in [0.2, 0.25) is 0 Å². The Balaban J connectivity index is 1.21. The first-order valence-corrected chi connectivity index (χ1v) is 21.8. The van der Waals surface area contributed by atoms with Gasteiger partial charge in [0.05, 0.1) is 0 Å². The summed E-state index contributed by atoms with van der Waals surface area (Å²) in [6, 6.07) is 91.1. The molecule has 2 aliphatic rings. The Morgan fingerprint density at radius 1 is 0.222 bits per heavy atom. The quantitative estimate of drug-likeness (QED) is 0.148. The molecule has 2 aliphatic heterocycles. The fourth-order valence-electron chi connectivity index (χ4n) is 10.1. The smallest absolute Gasteiger partial charge is 0.253 e. The molecule has 0 unspecified atom stereocenters. The summed E-state index contributed by atoms with van der Waals surface area (Å²) >= 11 is 0. The van der Waals surface area contributed by atoms with E-state index in [1.807, 2.05) is 0 Å². The molecule has 2 nitrogen and oxygen atoms in total. The molecule has 0 aliphatic carbocycles. The van der Waals surface area contributed by atoms with Crippen LogP contribution in [0.15, 0.2) is 249 Å². The monoisotopic (exact) mass is 800 g/mol. The largest absolute Gasteiger partial charge is 0.311 e. The average Bonchev–Trinajstić information content (AvgIpc) is 3.37. The Kier molecular flexibility index (Phi) is 8.97. The molecule has 10 aromatic rings. The first-order chi connectivity index (χ1) is 31.3. The number of benzene rings is 10. The molecule has 0 radical (unpaired) electrons. The number of anilines is 6. The fourth-order valence-corrected chi connectivity index (χ4v) is 10.1. The van der Waals surface area contributed by atoms with Gasteiger partial charge >= 0.3 is 0 Å². The second kappa shape index (κ2) is 15.4. The highest BCUT2D eigenvalue weighted by molar-refractivity contribution is 7.02. The molecule has 0 aromatic heterocycles. The summed E-state index contributed by atoms with van der Waals surface area (Å²) in [4.78, 5) is 5.08. The van der Waals surface area contributed by atoms with Crippen LogP contribution >= 0.6 is 0 Å². The first kappa shape index (κ1) is 36.7. The topological polar surface area (TPSA) is 6.48 Å². The number of hydrogen-bond donors (Lipinski definition) is 0. The van der Waals surface area contributed by atoms with E-state index in [-0.39, 0.29) is 6.71 Å². The Bertz CT molecular complexity index is 3260. The van der Waals surface area contributed by atoms with Crippen LogP contribution in [0, 0.1) is 0 Å².